The summed E-state index contributed by atoms with van der Waals surface area (Å²) in [4.78, 5) is 17.6. The third-order valence-corrected chi connectivity index (χ3v) is 4.87. The number of thiophene rings is 1. The van der Waals surface area contributed by atoms with Crippen LogP contribution in [0.5, 0.6) is 0 Å². The lowest BCUT2D eigenvalue weighted by molar-refractivity contribution is 0.0599. The van der Waals surface area contributed by atoms with Crippen LogP contribution < -0.4 is 0 Å². The molecule has 7 heteroatoms. The summed E-state index contributed by atoms with van der Waals surface area (Å²) in [6.07, 6.45) is 0. The summed E-state index contributed by atoms with van der Waals surface area (Å²) in [5, 5.41) is 0.242. The minimum absolute atomic E-state index is 0.0966. The van der Waals surface area contributed by atoms with Gasteiger partial charge < -0.3 is 9.32 Å². The fourth-order valence-corrected chi connectivity index (χ4v) is 3.63. The van der Waals surface area contributed by atoms with Crippen LogP contribution in [0.25, 0.3) is 0 Å². The minimum Gasteiger partial charge on any atom is -0.440 e. The van der Waals surface area contributed by atoms with E-state index in [1.807, 2.05) is 6.07 Å². The maximum atomic E-state index is 12.2. The van der Waals surface area contributed by atoms with E-state index in [0.717, 1.165) is 24.0 Å². The van der Waals surface area contributed by atoms with E-state index < -0.39 is 0 Å². The molecule has 3 rings (SSSR count). The van der Waals surface area contributed by atoms with Crippen molar-refractivity contribution in [2.24, 2.45) is 0 Å². The fourth-order valence-electron chi connectivity index (χ4n) is 2.35. The first-order valence-corrected chi connectivity index (χ1v) is 8.20. The van der Waals surface area contributed by atoms with Gasteiger partial charge in [-0.25, -0.2) is 0 Å². The average molecular weight is 345 g/mol. The van der Waals surface area contributed by atoms with Crippen molar-refractivity contribution in [2.45, 2.75) is 6.54 Å². The molecule has 0 N–H and O–H groups in total. The number of hydrogen-bond acceptors (Lipinski definition) is 4. The number of piperazine rings is 1. The summed E-state index contributed by atoms with van der Waals surface area (Å²) in [5.41, 5.74) is 0. The molecule has 4 nitrogen and oxygen atoms in total. The molecule has 0 saturated carbocycles. The van der Waals surface area contributed by atoms with E-state index in [1.54, 1.807) is 28.4 Å². The zero-order valence-corrected chi connectivity index (χ0v) is 13.5. The van der Waals surface area contributed by atoms with Gasteiger partial charge in [0.25, 0.3) is 5.91 Å². The van der Waals surface area contributed by atoms with Crippen LogP contribution >= 0.6 is 34.5 Å². The summed E-state index contributed by atoms with van der Waals surface area (Å²) >= 11 is 13.2. The van der Waals surface area contributed by atoms with Crippen molar-refractivity contribution < 1.29 is 9.21 Å². The number of nitrogens with zero attached hydrogens (tertiary/aromatic N) is 2. The summed E-state index contributed by atoms with van der Waals surface area (Å²) in [6, 6.07) is 7.17. The van der Waals surface area contributed by atoms with E-state index in [4.69, 9.17) is 27.6 Å². The summed E-state index contributed by atoms with van der Waals surface area (Å²) in [5.74, 6) is 0.208. The Morgan fingerprint density at radius 1 is 1.14 bits per heavy atom. The van der Waals surface area contributed by atoms with Crippen LogP contribution in [-0.4, -0.2) is 41.9 Å². The maximum Gasteiger partial charge on any atom is 0.289 e. The Morgan fingerprint density at radius 3 is 2.48 bits per heavy atom. The van der Waals surface area contributed by atoms with Gasteiger partial charge >= 0.3 is 0 Å². The van der Waals surface area contributed by atoms with Crippen molar-refractivity contribution in [1.82, 2.24) is 9.80 Å². The molecular weight excluding hydrogens is 331 g/mol. The summed E-state index contributed by atoms with van der Waals surface area (Å²) in [6.45, 7) is 3.95. The zero-order valence-electron chi connectivity index (χ0n) is 11.2. The number of rotatable bonds is 3. The molecular formula is C14H14Cl2N2O2S. The van der Waals surface area contributed by atoms with Crippen LogP contribution in [0.2, 0.25) is 9.56 Å². The van der Waals surface area contributed by atoms with Crippen LogP contribution in [0.4, 0.5) is 0 Å². The highest BCUT2D eigenvalue weighted by Gasteiger charge is 2.24. The second kappa shape index (κ2) is 6.40. The van der Waals surface area contributed by atoms with Crippen LogP contribution in [0, 0.1) is 0 Å². The third-order valence-electron chi connectivity index (χ3n) is 3.45. The van der Waals surface area contributed by atoms with Crippen LogP contribution in [0.1, 0.15) is 15.4 Å². The third kappa shape index (κ3) is 3.61. The number of carbonyl (C=O) groups excluding carboxylic acids is 1. The first-order valence-electron chi connectivity index (χ1n) is 6.63. The van der Waals surface area contributed by atoms with Crippen molar-refractivity contribution in [2.75, 3.05) is 26.2 Å². The van der Waals surface area contributed by atoms with Crippen molar-refractivity contribution in [3.8, 4) is 0 Å². The maximum absolute atomic E-state index is 12.2. The monoisotopic (exact) mass is 344 g/mol. The van der Waals surface area contributed by atoms with Gasteiger partial charge in [0.2, 0.25) is 0 Å². The van der Waals surface area contributed by atoms with Crippen molar-refractivity contribution in [3.05, 3.63) is 44.5 Å². The summed E-state index contributed by atoms with van der Waals surface area (Å²) in [7, 11) is 0. The molecule has 3 heterocycles. The molecule has 0 spiro atoms. The van der Waals surface area contributed by atoms with Gasteiger partial charge in [0.1, 0.15) is 0 Å². The van der Waals surface area contributed by atoms with Gasteiger partial charge in [-0.3, -0.25) is 9.69 Å². The molecule has 0 unspecified atom stereocenters. The van der Waals surface area contributed by atoms with Crippen LogP contribution in [0.3, 0.4) is 0 Å². The molecule has 1 amide bonds. The number of hydrogen-bond donors (Lipinski definition) is 0. The van der Waals surface area contributed by atoms with Crippen molar-refractivity contribution in [1.29, 1.82) is 0 Å². The number of amides is 1. The highest BCUT2D eigenvalue weighted by molar-refractivity contribution is 7.16. The Morgan fingerprint density at radius 2 is 1.90 bits per heavy atom. The van der Waals surface area contributed by atoms with Crippen LogP contribution in [0.15, 0.2) is 28.7 Å². The first-order chi connectivity index (χ1) is 10.1. The van der Waals surface area contributed by atoms with Gasteiger partial charge in [0.05, 0.1) is 4.34 Å². The highest BCUT2D eigenvalue weighted by atomic mass is 35.5. The lowest BCUT2D eigenvalue weighted by Crippen LogP contribution is -2.48. The number of furan rings is 1. The van der Waals surface area contributed by atoms with Crippen LogP contribution in [-0.2, 0) is 6.54 Å². The molecule has 21 heavy (non-hydrogen) atoms. The lowest BCUT2D eigenvalue weighted by Gasteiger charge is -2.34. The van der Waals surface area contributed by atoms with Gasteiger partial charge in [-0.1, -0.05) is 11.6 Å². The van der Waals surface area contributed by atoms with E-state index >= 15 is 0 Å². The van der Waals surface area contributed by atoms with Gasteiger partial charge in [-0.15, -0.1) is 11.3 Å². The van der Waals surface area contributed by atoms with E-state index in [1.165, 1.54) is 4.88 Å². The smallest absolute Gasteiger partial charge is 0.289 e. The van der Waals surface area contributed by atoms with Gasteiger partial charge in [-0.05, 0) is 35.9 Å². The average Bonchev–Trinajstić information content (AvgIpc) is 3.08. The van der Waals surface area contributed by atoms with E-state index in [2.05, 4.69) is 11.0 Å². The predicted molar refractivity (Wildman–Crippen MR) is 84.2 cm³/mol. The lowest BCUT2D eigenvalue weighted by atomic mass is 10.2. The molecule has 0 bridgehead atoms. The minimum atomic E-state index is -0.0966. The molecule has 1 aliphatic rings. The first kappa shape index (κ1) is 14.9. The Kier molecular flexibility index (Phi) is 4.54. The molecule has 0 radical (unpaired) electrons. The molecule has 0 atom stereocenters. The van der Waals surface area contributed by atoms with Crippen molar-refractivity contribution >= 4 is 40.4 Å². The fraction of sp³-hybridized carbons (Fsp3) is 0.357. The standard InChI is InChI=1S/C14H14Cl2N2O2S/c15-12-3-2-11(20-12)14(19)18-7-5-17(6-8-18)9-10-1-4-13(16)21-10/h1-4H,5-9H2. The SMILES string of the molecule is O=C(c1ccc(Cl)o1)N1CCN(Cc2ccc(Cl)s2)CC1. The number of halogens is 2. The van der Waals surface area contributed by atoms with Crippen molar-refractivity contribution in [3.63, 3.8) is 0 Å². The molecule has 0 aliphatic carbocycles. The second-order valence-corrected chi connectivity index (χ2v) is 7.05. The molecule has 1 aliphatic heterocycles. The Labute approximate surface area is 136 Å². The summed E-state index contributed by atoms with van der Waals surface area (Å²) < 4.78 is 5.98. The van der Waals surface area contributed by atoms with Gasteiger partial charge in [-0.2, -0.15) is 0 Å². The topological polar surface area (TPSA) is 36.7 Å². The van der Waals surface area contributed by atoms with Gasteiger partial charge in [0.15, 0.2) is 11.0 Å². The van der Waals surface area contributed by atoms with Gasteiger partial charge in [0, 0.05) is 37.6 Å². The Hall–Kier alpha value is -1.01. The van der Waals surface area contributed by atoms with E-state index in [-0.39, 0.29) is 11.1 Å². The molecule has 112 valence electrons. The quantitative estimate of drug-likeness (QED) is 0.853. The largest absolute Gasteiger partial charge is 0.440 e. The Balaban J connectivity index is 1.54. The molecule has 0 aromatic carbocycles. The molecule has 1 fully saturated rings. The zero-order chi connectivity index (χ0) is 14.8. The predicted octanol–water partition coefficient (Wildman–Crippen LogP) is 3.61. The highest BCUT2D eigenvalue weighted by Crippen LogP contribution is 2.23. The second-order valence-electron chi connectivity index (χ2n) is 4.88. The van der Waals surface area contributed by atoms with E-state index in [9.17, 15) is 4.79 Å². The molecule has 2 aromatic heterocycles. The molecule has 2 aromatic rings. The molecule has 1 saturated heterocycles. The Bertz CT molecular complexity index is 632. The van der Waals surface area contributed by atoms with E-state index in [0.29, 0.717) is 18.8 Å². The number of carbonyl (C=O) groups is 1. The normalized spacial score (nSPS) is 16.4.